The summed E-state index contributed by atoms with van der Waals surface area (Å²) in [5.41, 5.74) is 2.69. The zero-order valence-corrected chi connectivity index (χ0v) is 13.0. The second-order valence-corrected chi connectivity index (χ2v) is 5.39. The summed E-state index contributed by atoms with van der Waals surface area (Å²) in [7, 11) is 0. The van der Waals surface area contributed by atoms with E-state index in [0.717, 1.165) is 53.2 Å². The number of anilines is 1. The number of para-hydroxylation sites is 1. The number of hydrogen-bond acceptors (Lipinski definition) is 5. The number of hydrogen-bond donors (Lipinski definition) is 1. The molecular weight excluding hydrogens is 294 g/mol. The van der Waals surface area contributed by atoms with Gasteiger partial charge in [-0.25, -0.2) is 9.97 Å². The summed E-state index contributed by atoms with van der Waals surface area (Å²) in [5, 5.41) is 7.97. The van der Waals surface area contributed by atoms with Crippen LogP contribution in [-0.4, -0.2) is 34.6 Å². The van der Waals surface area contributed by atoms with Crippen molar-refractivity contribution in [2.75, 3.05) is 18.0 Å². The molecule has 1 aliphatic rings. The van der Waals surface area contributed by atoms with Crippen molar-refractivity contribution in [1.82, 2.24) is 9.97 Å². The molecule has 0 spiro atoms. The van der Waals surface area contributed by atoms with Gasteiger partial charge in [0, 0.05) is 24.9 Å². The molecule has 0 amide bonds. The fraction of sp³-hybridized carbons (Fsp3) is 0.353. The van der Waals surface area contributed by atoms with Crippen LogP contribution in [0.1, 0.15) is 25.6 Å². The first-order valence-corrected chi connectivity index (χ1v) is 7.79. The van der Waals surface area contributed by atoms with Crippen molar-refractivity contribution < 1.29 is 14.3 Å². The number of aromatic nitrogens is 2. The molecule has 23 heavy (non-hydrogen) atoms. The van der Waals surface area contributed by atoms with Crippen molar-refractivity contribution in [2.45, 2.75) is 26.2 Å². The van der Waals surface area contributed by atoms with Gasteiger partial charge in [-0.2, -0.15) is 0 Å². The van der Waals surface area contributed by atoms with E-state index in [1.54, 1.807) is 0 Å². The molecule has 0 aliphatic carbocycles. The van der Waals surface area contributed by atoms with Crippen LogP contribution in [0.15, 0.2) is 28.7 Å². The van der Waals surface area contributed by atoms with Gasteiger partial charge in [-0.1, -0.05) is 19.1 Å². The average molecular weight is 313 g/mol. The topological polar surface area (TPSA) is 79.5 Å². The van der Waals surface area contributed by atoms with E-state index in [1.807, 2.05) is 18.2 Å². The normalized spacial score (nSPS) is 14.0. The molecule has 3 aromatic rings. The maximum atomic E-state index is 8.36. The standard InChI is InChI=1S/C16H17N3O.CH2O2/c1-2-13-17-14-11-7-3-4-8-12(11)20-15(14)16(18-13)19-9-5-6-10-19;2-1-3/h3-4,7-8H,2,5-6,9-10H2,1H3;1H,(H,2,3). The van der Waals surface area contributed by atoms with Crippen LogP contribution in [0.3, 0.4) is 0 Å². The average Bonchev–Trinajstić information content (AvgIpc) is 3.22. The molecule has 6 nitrogen and oxygen atoms in total. The Bertz CT molecular complexity index is 822. The third kappa shape index (κ3) is 2.84. The van der Waals surface area contributed by atoms with Crippen molar-refractivity contribution in [3.05, 3.63) is 30.1 Å². The van der Waals surface area contributed by atoms with Crippen LogP contribution in [0, 0.1) is 0 Å². The second-order valence-electron chi connectivity index (χ2n) is 5.39. The molecular formula is C17H19N3O3. The predicted molar refractivity (Wildman–Crippen MR) is 88.8 cm³/mol. The van der Waals surface area contributed by atoms with Crippen LogP contribution < -0.4 is 4.90 Å². The van der Waals surface area contributed by atoms with Gasteiger partial charge in [0.1, 0.15) is 16.9 Å². The molecule has 0 saturated carbocycles. The van der Waals surface area contributed by atoms with E-state index in [-0.39, 0.29) is 6.47 Å². The quantitative estimate of drug-likeness (QED) is 0.732. The van der Waals surface area contributed by atoms with Crippen molar-refractivity contribution in [3.8, 4) is 0 Å². The molecule has 0 radical (unpaired) electrons. The van der Waals surface area contributed by atoms with Gasteiger partial charge in [0.15, 0.2) is 11.4 Å². The van der Waals surface area contributed by atoms with Crippen LogP contribution in [0.2, 0.25) is 0 Å². The lowest BCUT2D eigenvalue weighted by atomic mass is 10.2. The first-order chi connectivity index (χ1) is 11.3. The van der Waals surface area contributed by atoms with E-state index in [9.17, 15) is 0 Å². The third-order valence-corrected chi connectivity index (χ3v) is 3.97. The van der Waals surface area contributed by atoms with E-state index < -0.39 is 0 Å². The minimum absolute atomic E-state index is 0.250. The Kier molecular flexibility index (Phi) is 4.41. The van der Waals surface area contributed by atoms with Crippen molar-refractivity contribution >= 4 is 34.4 Å². The van der Waals surface area contributed by atoms with E-state index in [1.165, 1.54) is 12.8 Å². The summed E-state index contributed by atoms with van der Waals surface area (Å²) in [4.78, 5) is 20.1. The molecule has 1 N–H and O–H groups in total. The van der Waals surface area contributed by atoms with Crippen molar-refractivity contribution in [1.29, 1.82) is 0 Å². The lowest BCUT2D eigenvalue weighted by molar-refractivity contribution is -0.122. The van der Waals surface area contributed by atoms with Gasteiger partial charge in [0.2, 0.25) is 0 Å². The Morgan fingerprint density at radius 1 is 1.26 bits per heavy atom. The lowest BCUT2D eigenvalue weighted by Gasteiger charge is -2.16. The number of nitrogens with zero attached hydrogens (tertiary/aromatic N) is 3. The lowest BCUT2D eigenvalue weighted by Crippen LogP contribution is -2.20. The van der Waals surface area contributed by atoms with E-state index >= 15 is 0 Å². The number of benzene rings is 1. The highest BCUT2D eigenvalue weighted by molar-refractivity contribution is 6.05. The number of fused-ring (bicyclic) bond motifs is 3. The van der Waals surface area contributed by atoms with Gasteiger partial charge in [-0.15, -0.1) is 0 Å². The molecule has 2 aromatic heterocycles. The van der Waals surface area contributed by atoms with Gasteiger partial charge in [0.05, 0.1) is 0 Å². The molecule has 0 atom stereocenters. The number of rotatable bonds is 2. The molecule has 3 heterocycles. The van der Waals surface area contributed by atoms with Crippen molar-refractivity contribution in [3.63, 3.8) is 0 Å². The molecule has 1 fully saturated rings. The summed E-state index contributed by atoms with van der Waals surface area (Å²) < 4.78 is 6.03. The van der Waals surface area contributed by atoms with Gasteiger partial charge >= 0.3 is 0 Å². The molecule has 6 heteroatoms. The zero-order valence-electron chi connectivity index (χ0n) is 13.0. The van der Waals surface area contributed by atoms with Crippen LogP contribution in [0.5, 0.6) is 0 Å². The molecule has 1 saturated heterocycles. The highest BCUT2D eigenvalue weighted by Gasteiger charge is 2.21. The Labute approximate surface area is 133 Å². The molecule has 0 unspecified atom stereocenters. The number of furan rings is 1. The summed E-state index contributed by atoms with van der Waals surface area (Å²) in [6.45, 7) is 3.97. The first-order valence-electron chi connectivity index (χ1n) is 7.79. The highest BCUT2D eigenvalue weighted by atomic mass is 16.3. The largest absolute Gasteiger partial charge is 0.483 e. The van der Waals surface area contributed by atoms with Crippen LogP contribution in [0.4, 0.5) is 5.82 Å². The van der Waals surface area contributed by atoms with Crippen LogP contribution in [0.25, 0.3) is 22.1 Å². The summed E-state index contributed by atoms with van der Waals surface area (Å²) in [5.74, 6) is 1.87. The second kappa shape index (κ2) is 6.64. The van der Waals surface area contributed by atoms with Crippen LogP contribution >= 0.6 is 0 Å². The van der Waals surface area contributed by atoms with E-state index in [0.29, 0.717) is 0 Å². The zero-order chi connectivity index (χ0) is 16.2. The van der Waals surface area contributed by atoms with Gasteiger partial charge in [-0.3, -0.25) is 4.79 Å². The summed E-state index contributed by atoms with van der Waals surface area (Å²) in [6.07, 6.45) is 3.30. The molecule has 4 rings (SSSR count). The monoisotopic (exact) mass is 313 g/mol. The molecule has 0 bridgehead atoms. The maximum absolute atomic E-state index is 8.36. The Balaban J connectivity index is 0.000000485. The number of carbonyl (C=O) groups is 1. The summed E-state index contributed by atoms with van der Waals surface area (Å²) in [6, 6.07) is 8.09. The van der Waals surface area contributed by atoms with Gasteiger partial charge < -0.3 is 14.4 Å². The number of carboxylic acid groups (broad SMARTS) is 1. The Hall–Kier alpha value is -2.63. The fourth-order valence-corrected chi connectivity index (χ4v) is 2.92. The minimum atomic E-state index is -0.250. The number of aryl methyl sites for hydroxylation is 1. The summed E-state index contributed by atoms with van der Waals surface area (Å²) >= 11 is 0. The SMILES string of the molecule is CCc1nc(N2CCCC2)c2oc3ccccc3c2n1.O=CO. The fourth-order valence-electron chi connectivity index (χ4n) is 2.92. The van der Waals surface area contributed by atoms with Gasteiger partial charge in [-0.05, 0) is 25.0 Å². The molecule has 1 aliphatic heterocycles. The van der Waals surface area contributed by atoms with E-state index in [4.69, 9.17) is 19.3 Å². The van der Waals surface area contributed by atoms with Crippen LogP contribution in [-0.2, 0) is 11.2 Å². The molecule has 1 aromatic carbocycles. The smallest absolute Gasteiger partial charge is 0.290 e. The van der Waals surface area contributed by atoms with E-state index in [2.05, 4.69) is 22.9 Å². The first kappa shape index (κ1) is 15.3. The predicted octanol–water partition coefficient (Wildman–Crippen LogP) is 3.24. The highest BCUT2D eigenvalue weighted by Crippen LogP contribution is 2.34. The Morgan fingerprint density at radius 2 is 1.96 bits per heavy atom. The Morgan fingerprint density at radius 3 is 2.65 bits per heavy atom. The minimum Gasteiger partial charge on any atom is -0.483 e. The third-order valence-electron chi connectivity index (χ3n) is 3.97. The maximum Gasteiger partial charge on any atom is 0.290 e. The van der Waals surface area contributed by atoms with Crippen molar-refractivity contribution in [2.24, 2.45) is 0 Å². The molecule has 120 valence electrons. The van der Waals surface area contributed by atoms with Gasteiger partial charge in [0.25, 0.3) is 6.47 Å².